The number of sulfonamides is 1. The molecule has 9 heteroatoms. The van der Waals surface area contributed by atoms with Crippen LogP contribution in [0.25, 0.3) is 20.8 Å². The first kappa shape index (κ1) is 23.5. The van der Waals surface area contributed by atoms with Gasteiger partial charge in [0.25, 0.3) is 15.9 Å². The molecular weight excluding hydrogens is 494 g/mol. The molecule has 0 atom stereocenters. The molecule has 36 heavy (non-hydrogen) atoms. The van der Waals surface area contributed by atoms with Gasteiger partial charge in [-0.25, -0.2) is 13.4 Å². The monoisotopic (exact) mass is 515 g/mol. The minimum atomic E-state index is -3.80. The summed E-state index contributed by atoms with van der Waals surface area (Å²) in [6.07, 6.45) is 0. The summed E-state index contributed by atoms with van der Waals surface area (Å²) in [4.78, 5) is 17.5. The SMILES string of the molecule is Cc1ccc(S(=O)(=O)Nc2cccc(C(=O)Nc3ccc(-c4nc5ccccc5s4)c(O)c3)c2)cc1. The van der Waals surface area contributed by atoms with Gasteiger partial charge in [0.05, 0.1) is 20.7 Å². The number of carbonyl (C=O) groups excluding carboxylic acids is 1. The molecule has 1 heterocycles. The molecule has 1 amide bonds. The molecule has 0 spiro atoms. The Balaban J connectivity index is 1.32. The number of nitrogens with one attached hydrogen (secondary N) is 2. The topological polar surface area (TPSA) is 108 Å². The van der Waals surface area contributed by atoms with Crippen LogP contribution in [0.3, 0.4) is 0 Å². The molecule has 0 fully saturated rings. The maximum absolute atomic E-state index is 12.8. The van der Waals surface area contributed by atoms with E-state index in [2.05, 4.69) is 15.0 Å². The lowest BCUT2D eigenvalue weighted by atomic mass is 10.1. The van der Waals surface area contributed by atoms with Crippen LogP contribution >= 0.6 is 11.3 Å². The van der Waals surface area contributed by atoms with E-state index in [1.165, 1.54) is 35.6 Å². The van der Waals surface area contributed by atoms with E-state index < -0.39 is 15.9 Å². The molecule has 0 unspecified atom stereocenters. The van der Waals surface area contributed by atoms with Crippen molar-refractivity contribution in [3.8, 4) is 16.3 Å². The molecule has 4 aromatic carbocycles. The third-order valence-corrected chi connectivity index (χ3v) is 7.96. The molecule has 1 aromatic heterocycles. The normalized spacial score (nSPS) is 11.4. The number of aromatic nitrogens is 1. The van der Waals surface area contributed by atoms with Crippen LogP contribution in [0.2, 0.25) is 0 Å². The Bertz CT molecular complexity index is 1660. The highest BCUT2D eigenvalue weighted by Crippen LogP contribution is 2.36. The summed E-state index contributed by atoms with van der Waals surface area (Å²) in [6, 6.07) is 25.3. The molecule has 0 aliphatic carbocycles. The van der Waals surface area contributed by atoms with Gasteiger partial charge in [-0.3, -0.25) is 9.52 Å². The Morgan fingerprint density at radius 2 is 1.67 bits per heavy atom. The van der Waals surface area contributed by atoms with Crippen LogP contribution in [0.5, 0.6) is 5.75 Å². The molecule has 0 aliphatic heterocycles. The number of para-hydroxylation sites is 1. The van der Waals surface area contributed by atoms with E-state index in [1.54, 1.807) is 42.5 Å². The first-order chi connectivity index (χ1) is 17.3. The molecule has 3 N–H and O–H groups in total. The van der Waals surface area contributed by atoms with Gasteiger partial charge in [0, 0.05) is 23.0 Å². The second-order valence-corrected chi connectivity index (χ2v) is 10.9. The van der Waals surface area contributed by atoms with E-state index in [9.17, 15) is 18.3 Å². The molecule has 7 nitrogen and oxygen atoms in total. The highest BCUT2D eigenvalue weighted by molar-refractivity contribution is 7.92. The van der Waals surface area contributed by atoms with Crippen LogP contribution in [0, 0.1) is 6.92 Å². The second-order valence-electron chi connectivity index (χ2n) is 8.17. The molecule has 0 aliphatic rings. The number of phenolic OH excluding ortho intramolecular Hbond substituents is 1. The number of phenols is 1. The molecular formula is C27H21N3O4S2. The molecule has 5 aromatic rings. The standard InChI is InChI=1S/C27H21N3O4S2/c1-17-9-12-21(13-10-17)36(33,34)30-20-6-4-5-18(15-20)26(32)28-19-11-14-22(24(31)16-19)27-29-23-7-2-3-8-25(23)35-27/h2-16,30-31H,1H3,(H,28,32). The largest absolute Gasteiger partial charge is 0.507 e. The van der Waals surface area contributed by atoms with Crippen molar-refractivity contribution in [1.29, 1.82) is 0 Å². The maximum atomic E-state index is 12.8. The Morgan fingerprint density at radius 1 is 0.889 bits per heavy atom. The van der Waals surface area contributed by atoms with Crippen molar-refractivity contribution in [3.05, 3.63) is 102 Å². The van der Waals surface area contributed by atoms with Crippen molar-refractivity contribution in [2.75, 3.05) is 10.0 Å². The van der Waals surface area contributed by atoms with Gasteiger partial charge in [0.1, 0.15) is 10.8 Å². The smallest absolute Gasteiger partial charge is 0.261 e. The van der Waals surface area contributed by atoms with E-state index in [1.807, 2.05) is 31.2 Å². The first-order valence-corrected chi connectivity index (χ1v) is 13.3. The molecule has 5 rings (SSSR count). The fourth-order valence-electron chi connectivity index (χ4n) is 3.64. The molecule has 0 bridgehead atoms. The number of carbonyl (C=O) groups is 1. The van der Waals surface area contributed by atoms with E-state index in [-0.39, 0.29) is 21.9 Å². The number of nitrogens with zero attached hydrogens (tertiary/aromatic N) is 1. The van der Waals surface area contributed by atoms with Crippen molar-refractivity contribution in [1.82, 2.24) is 4.98 Å². The fraction of sp³-hybridized carbons (Fsp3) is 0.0370. The molecule has 180 valence electrons. The Hall–Kier alpha value is -4.21. The molecule has 0 saturated carbocycles. The zero-order valence-corrected chi connectivity index (χ0v) is 20.7. The van der Waals surface area contributed by atoms with E-state index in [4.69, 9.17) is 0 Å². The predicted octanol–water partition coefficient (Wildman–Crippen LogP) is 6.03. The third kappa shape index (κ3) is 4.93. The average Bonchev–Trinajstić information content (AvgIpc) is 3.28. The summed E-state index contributed by atoms with van der Waals surface area (Å²) in [5.41, 5.74) is 3.29. The number of aromatic hydroxyl groups is 1. The molecule has 0 saturated heterocycles. The second kappa shape index (κ2) is 9.44. The Labute approximate surface area is 212 Å². The number of thiazole rings is 1. The van der Waals surface area contributed by atoms with Gasteiger partial charge in [-0.05, 0) is 61.5 Å². The maximum Gasteiger partial charge on any atom is 0.261 e. The highest BCUT2D eigenvalue weighted by Gasteiger charge is 2.16. The first-order valence-electron chi connectivity index (χ1n) is 11.0. The van der Waals surface area contributed by atoms with Crippen molar-refractivity contribution < 1.29 is 18.3 Å². The van der Waals surface area contributed by atoms with E-state index in [0.29, 0.717) is 16.3 Å². The zero-order chi connectivity index (χ0) is 25.3. The Morgan fingerprint density at radius 3 is 2.42 bits per heavy atom. The summed E-state index contributed by atoms with van der Waals surface area (Å²) in [5, 5.41) is 14.0. The zero-order valence-electron chi connectivity index (χ0n) is 19.1. The number of benzene rings is 4. The quantitative estimate of drug-likeness (QED) is 0.256. The predicted molar refractivity (Wildman–Crippen MR) is 143 cm³/mol. The van der Waals surface area contributed by atoms with Crippen molar-refractivity contribution in [2.45, 2.75) is 11.8 Å². The summed E-state index contributed by atoms with van der Waals surface area (Å²) < 4.78 is 28.9. The van der Waals surface area contributed by atoms with Crippen LogP contribution in [0.4, 0.5) is 11.4 Å². The Kier molecular flexibility index (Phi) is 6.17. The van der Waals surface area contributed by atoms with Crippen LogP contribution in [0.1, 0.15) is 15.9 Å². The summed E-state index contributed by atoms with van der Waals surface area (Å²) in [6.45, 7) is 1.88. The number of anilines is 2. The third-order valence-electron chi connectivity index (χ3n) is 5.49. The lowest BCUT2D eigenvalue weighted by Crippen LogP contribution is -2.15. The van der Waals surface area contributed by atoms with E-state index >= 15 is 0 Å². The van der Waals surface area contributed by atoms with Crippen molar-refractivity contribution in [2.24, 2.45) is 0 Å². The number of rotatable bonds is 6. The summed E-state index contributed by atoms with van der Waals surface area (Å²) in [5.74, 6) is -0.454. The van der Waals surface area contributed by atoms with Crippen molar-refractivity contribution in [3.63, 3.8) is 0 Å². The van der Waals surface area contributed by atoms with Crippen molar-refractivity contribution >= 4 is 48.9 Å². The van der Waals surface area contributed by atoms with Gasteiger partial charge in [0.15, 0.2) is 0 Å². The van der Waals surface area contributed by atoms with Gasteiger partial charge in [0.2, 0.25) is 0 Å². The number of amides is 1. The fourth-order valence-corrected chi connectivity index (χ4v) is 5.69. The van der Waals surface area contributed by atoms with Crippen LogP contribution in [0.15, 0.2) is 95.9 Å². The van der Waals surface area contributed by atoms with Crippen LogP contribution in [-0.4, -0.2) is 24.4 Å². The van der Waals surface area contributed by atoms with Crippen LogP contribution in [-0.2, 0) is 10.0 Å². The van der Waals surface area contributed by atoms with Crippen LogP contribution < -0.4 is 10.0 Å². The van der Waals surface area contributed by atoms with Gasteiger partial charge < -0.3 is 10.4 Å². The van der Waals surface area contributed by atoms with Gasteiger partial charge in [-0.2, -0.15) is 0 Å². The van der Waals surface area contributed by atoms with Gasteiger partial charge in [-0.15, -0.1) is 11.3 Å². The van der Waals surface area contributed by atoms with E-state index in [0.717, 1.165) is 15.8 Å². The van der Waals surface area contributed by atoms with Gasteiger partial charge >= 0.3 is 0 Å². The number of aryl methyl sites for hydroxylation is 1. The van der Waals surface area contributed by atoms with Gasteiger partial charge in [-0.1, -0.05) is 35.9 Å². The number of hydrogen-bond donors (Lipinski definition) is 3. The summed E-state index contributed by atoms with van der Waals surface area (Å²) >= 11 is 1.47. The lowest BCUT2D eigenvalue weighted by molar-refractivity contribution is 0.102. The number of hydrogen-bond acceptors (Lipinski definition) is 6. The lowest BCUT2D eigenvalue weighted by Gasteiger charge is -2.11. The highest BCUT2D eigenvalue weighted by atomic mass is 32.2. The minimum absolute atomic E-state index is 0.00790. The summed E-state index contributed by atoms with van der Waals surface area (Å²) in [7, 11) is -3.80. The number of fused-ring (bicyclic) bond motifs is 1. The average molecular weight is 516 g/mol. The molecule has 0 radical (unpaired) electrons. The minimum Gasteiger partial charge on any atom is -0.507 e.